The number of carbonyl (C=O) groups is 3. The predicted octanol–water partition coefficient (Wildman–Crippen LogP) is 2.03. The van der Waals surface area contributed by atoms with E-state index in [1.54, 1.807) is 31.2 Å². The van der Waals surface area contributed by atoms with Gasteiger partial charge < -0.3 is 4.74 Å². The molecular formula is C14H14O4. The number of Topliss-reactive ketones (excluding diaryl/α,β-unsaturated/α-hetero) is 1. The highest BCUT2D eigenvalue weighted by Crippen LogP contribution is 2.17. The summed E-state index contributed by atoms with van der Waals surface area (Å²) < 4.78 is 4.43. The summed E-state index contributed by atoms with van der Waals surface area (Å²) in [7, 11) is 0. The van der Waals surface area contributed by atoms with E-state index in [1.807, 2.05) is 0 Å². The summed E-state index contributed by atoms with van der Waals surface area (Å²) in [6.07, 6.45) is 8.15. The van der Waals surface area contributed by atoms with Crippen LogP contribution in [-0.2, 0) is 19.1 Å². The van der Waals surface area contributed by atoms with Crippen LogP contribution in [0.3, 0.4) is 0 Å². The van der Waals surface area contributed by atoms with Crippen LogP contribution in [0.4, 0.5) is 0 Å². The van der Waals surface area contributed by atoms with Crippen LogP contribution in [0.5, 0.6) is 0 Å². The molecule has 0 radical (unpaired) electrons. The van der Waals surface area contributed by atoms with Gasteiger partial charge in [0.1, 0.15) is 0 Å². The van der Waals surface area contributed by atoms with Crippen molar-refractivity contribution < 1.29 is 19.1 Å². The molecule has 0 atom stereocenters. The van der Waals surface area contributed by atoms with E-state index in [9.17, 15) is 14.4 Å². The molecule has 0 aromatic heterocycles. The number of ketones is 1. The van der Waals surface area contributed by atoms with Gasteiger partial charge >= 0.3 is 11.9 Å². The lowest BCUT2D eigenvalue weighted by Crippen LogP contribution is -2.00. The number of ether oxygens (including phenoxy) is 1. The summed E-state index contributed by atoms with van der Waals surface area (Å²) in [4.78, 5) is 33.2. The van der Waals surface area contributed by atoms with Crippen molar-refractivity contribution in [3.8, 4) is 0 Å². The highest BCUT2D eigenvalue weighted by molar-refractivity contribution is 6.13. The van der Waals surface area contributed by atoms with Gasteiger partial charge in [0.2, 0.25) is 0 Å². The normalized spacial score (nSPS) is 17.2. The van der Waals surface area contributed by atoms with Crippen LogP contribution in [0, 0.1) is 0 Å². The molecule has 4 heteroatoms. The van der Waals surface area contributed by atoms with Crippen molar-refractivity contribution in [2.75, 3.05) is 0 Å². The Labute approximate surface area is 105 Å². The third-order valence-electron chi connectivity index (χ3n) is 2.50. The first-order valence-corrected chi connectivity index (χ1v) is 5.43. The molecule has 0 spiro atoms. The van der Waals surface area contributed by atoms with Crippen molar-refractivity contribution in [3.63, 3.8) is 0 Å². The molecule has 1 heterocycles. The Hall–Kier alpha value is -2.23. The molecule has 94 valence electrons. The monoisotopic (exact) mass is 246 g/mol. The Morgan fingerprint density at radius 2 is 1.72 bits per heavy atom. The van der Waals surface area contributed by atoms with Crippen molar-refractivity contribution in [1.29, 1.82) is 0 Å². The standard InChI is InChI=1S/C14H14O4/c1-9(11(3)15)7-5-4-6-8-12-10(2)13(16)18-14(12)17/h4-8H,1-3H3/b5-4+,8-6+,9-7+. The lowest BCUT2D eigenvalue weighted by molar-refractivity contribution is -0.150. The maximum absolute atomic E-state index is 11.2. The number of esters is 2. The Kier molecular flexibility index (Phi) is 4.54. The topological polar surface area (TPSA) is 60.4 Å². The summed E-state index contributed by atoms with van der Waals surface area (Å²) >= 11 is 0. The van der Waals surface area contributed by atoms with Gasteiger partial charge in [-0.1, -0.05) is 24.3 Å². The van der Waals surface area contributed by atoms with Crippen LogP contribution in [0.25, 0.3) is 0 Å². The molecule has 1 rings (SSSR count). The third kappa shape index (κ3) is 3.38. The van der Waals surface area contributed by atoms with Crippen LogP contribution in [0.2, 0.25) is 0 Å². The summed E-state index contributed by atoms with van der Waals surface area (Å²) in [6, 6.07) is 0. The maximum Gasteiger partial charge on any atom is 0.346 e. The fourth-order valence-corrected chi connectivity index (χ4v) is 1.20. The van der Waals surface area contributed by atoms with E-state index in [-0.39, 0.29) is 11.4 Å². The van der Waals surface area contributed by atoms with Crippen molar-refractivity contribution in [1.82, 2.24) is 0 Å². The van der Waals surface area contributed by atoms with E-state index in [0.29, 0.717) is 11.1 Å². The van der Waals surface area contributed by atoms with E-state index < -0.39 is 11.9 Å². The molecule has 0 bridgehead atoms. The van der Waals surface area contributed by atoms with Crippen LogP contribution < -0.4 is 0 Å². The summed E-state index contributed by atoms with van der Waals surface area (Å²) in [6.45, 7) is 4.75. The highest BCUT2D eigenvalue weighted by atomic mass is 16.6. The van der Waals surface area contributed by atoms with Crippen LogP contribution in [0.1, 0.15) is 20.8 Å². The van der Waals surface area contributed by atoms with E-state index in [4.69, 9.17) is 0 Å². The first-order chi connectivity index (χ1) is 8.43. The van der Waals surface area contributed by atoms with Gasteiger partial charge in [0, 0.05) is 5.57 Å². The molecular weight excluding hydrogens is 232 g/mol. The molecule has 0 saturated carbocycles. The van der Waals surface area contributed by atoms with Gasteiger partial charge in [-0.2, -0.15) is 0 Å². The molecule has 0 N–H and O–H groups in total. The predicted molar refractivity (Wildman–Crippen MR) is 66.5 cm³/mol. The molecule has 0 saturated heterocycles. The van der Waals surface area contributed by atoms with Gasteiger partial charge in [-0.15, -0.1) is 0 Å². The fraction of sp³-hybridized carbons (Fsp3) is 0.214. The van der Waals surface area contributed by atoms with Gasteiger partial charge in [0.25, 0.3) is 0 Å². The van der Waals surface area contributed by atoms with Crippen molar-refractivity contribution >= 4 is 17.7 Å². The quantitative estimate of drug-likeness (QED) is 0.329. The molecule has 0 unspecified atom stereocenters. The molecule has 18 heavy (non-hydrogen) atoms. The minimum Gasteiger partial charge on any atom is -0.386 e. The van der Waals surface area contributed by atoms with E-state index >= 15 is 0 Å². The summed E-state index contributed by atoms with van der Waals surface area (Å²) in [5.74, 6) is -1.22. The summed E-state index contributed by atoms with van der Waals surface area (Å²) in [5.41, 5.74) is 1.21. The Bertz CT molecular complexity index is 516. The SMILES string of the molecule is CC(=O)/C(C)=C/C=C/C=C/C1=C(C)C(=O)OC1=O. The third-order valence-corrected chi connectivity index (χ3v) is 2.50. The van der Waals surface area contributed by atoms with Crippen LogP contribution in [0.15, 0.2) is 47.1 Å². The Morgan fingerprint density at radius 1 is 1.06 bits per heavy atom. The highest BCUT2D eigenvalue weighted by Gasteiger charge is 2.27. The molecule has 1 aliphatic heterocycles. The van der Waals surface area contributed by atoms with Gasteiger partial charge in [0.05, 0.1) is 5.57 Å². The minimum absolute atomic E-state index is 0.00662. The van der Waals surface area contributed by atoms with E-state index in [1.165, 1.54) is 19.9 Å². The number of hydrogen-bond acceptors (Lipinski definition) is 4. The smallest absolute Gasteiger partial charge is 0.346 e. The summed E-state index contributed by atoms with van der Waals surface area (Å²) in [5, 5.41) is 0. The second-order valence-corrected chi connectivity index (χ2v) is 3.87. The number of rotatable bonds is 4. The lowest BCUT2D eigenvalue weighted by Gasteiger charge is -1.88. The molecule has 0 amide bonds. The Morgan fingerprint density at radius 3 is 2.22 bits per heavy atom. The molecule has 0 aliphatic carbocycles. The van der Waals surface area contributed by atoms with Crippen molar-refractivity contribution in [2.24, 2.45) is 0 Å². The zero-order chi connectivity index (χ0) is 13.7. The lowest BCUT2D eigenvalue weighted by atomic mass is 10.1. The zero-order valence-electron chi connectivity index (χ0n) is 10.5. The average molecular weight is 246 g/mol. The second kappa shape index (κ2) is 5.91. The van der Waals surface area contributed by atoms with E-state index in [2.05, 4.69) is 4.74 Å². The maximum atomic E-state index is 11.2. The first kappa shape index (κ1) is 13.8. The molecule has 4 nitrogen and oxygen atoms in total. The second-order valence-electron chi connectivity index (χ2n) is 3.87. The average Bonchev–Trinajstić information content (AvgIpc) is 2.54. The Balaban J connectivity index is 2.70. The van der Waals surface area contributed by atoms with Gasteiger partial charge in [-0.3, -0.25) is 4.79 Å². The van der Waals surface area contributed by atoms with Crippen LogP contribution >= 0.6 is 0 Å². The molecule has 0 aromatic carbocycles. The number of cyclic esters (lactones) is 2. The number of hydrogen-bond donors (Lipinski definition) is 0. The number of allylic oxidation sites excluding steroid dienone is 5. The molecule has 0 aromatic rings. The van der Waals surface area contributed by atoms with E-state index in [0.717, 1.165) is 0 Å². The van der Waals surface area contributed by atoms with Gasteiger partial charge in [0.15, 0.2) is 5.78 Å². The van der Waals surface area contributed by atoms with Gasteiger partial charge in [-0.05, 0) is 32.4 Å². The molecule has 1 aliphatic rings. The number of carbonyl (C=O) groups excluding carboxylic acids is 3. The zero-order valence-corrected chi connectivity index (χ0v) is 10.5. The first-order valence-electron chi connectivity index (χ1n) is 5.43. The largest absolute Gasteiger partial charge is 0.386 e. The van der Waals surface area contributed by atoms with Crippen LogP contribution in [-0.4, -0.2) is 17.7 Å². The van der Waals surface area contributed by atoms with Gasteiger partial charge in [-0.25, -0.2) is 9.59 Å². The molecule has 0 fully saturated rings. The minimum atomic E-state index is -0.627. The fourth-order valence-electron chi connectivity index (χ4n) is 1.20. The van der Waals surface area contributed by atoms with Crippen molar-refractivity contribution in [2.45, 2.75) is 20.8 Å². The van der Waals surface area contributed by atoms with Crippen molar-refractivity contribution in [3.05, 3.63) is 47.1 Å².